The largest absolute Gasteiger partial charge is 0.454 e. The van der Waals surface area contributed by atoms with Crippen LogP contribution < -0.4 is 5.32 Å². The van der Waals surface area contributed by atoms with Crippen LogP contribution in [0.5, 0.6) is 0 Å². The minimum atomic E-state index is -0.552. The fourth-order valence-electron chi connectivity index (χ4n) is 2.86. The van der Waals surface area contributed by atoms with Gasteiger partial charge in [-0.2, -0.15) is 0 Å². The van der Waals surface area contributed by atoms with Gasteiger partial charge in [-0.1, -0.05) is 54.1 Å². The molecule has 136 valence electrons. The van der Waals surface area contributed by atoms with E-state index in [-0.39, 0.29) is 18.6 Å². The molecule has 2 aromatic carbocycles. The predicted octanol–water partition coefficient (Wildman–Crippen LogP) is 3.27. The van der Waals surface area contributed by atoms with Gasteiger partial charge in [0, 0.05) is 11.6 Å². The molecule has 1 aliphatic heterocycles. The second-order valence-electron chi connectivity index (χ2n) is 6.07. The van der Waals surface area contributed by atoms with Crippen molar-refractivity contribution in [3.8, 4) is 0 Å². The number of nitrogens with one attached hydrogen (secondary N) is 1. The van der Waals surface area contributed by atoms with Crippen molar-refractivity contribution in [1.82, 2.24) is 5.32 Å². The number of ether oxygens (including phenoxy) is 2. The van der Waals surface area contributed by atoms with Gasteiger partial charge in [0.15, 0.2) is 12.7 Å². The van der Waals surface area contributed by atoms with Crippen LogP contribution in [0.3, 0.4) is 0 Å². The monoisotopic (exact) mass is 373 g/mol. The molecule has 0 bridgehead atoms. The smallest absolute Gasteiger partial charge is 0.335 e. The summed E-state index contributed by atoms with van der Waals surface area (Å²) in [5.41, 5.74) is 1.81. The normalized spacial score (nSPS) is 17.5. The standard InChI is InChI=1S/C20H20ClNO4/c21-16-10-8-15(9-11-16)19(14-5-2-1-3-6-14)22-18(23)13-26-20(24)17-7-4-12-25-17/h1-3,5-6,8-11,17,19H,4,7,12-13H2,(H,22,23)/t17-,19-/m1/s1. The van der Waals surface area contributed by atoms with Crippen molar-refractivity contribution in [2.75, 3.05) is 13.2 Å². The third-order valence-corrected chi connectivity index (χ3v) is 4.43. The number of hydrogen-bond donors (Lipinski definition) is 1. The van der Waals surface area contributed by atoms with Crippen molar-refractivity contribution < 1.29 is 19.1 Å². The summed E-state index contributed by atoms with van der Waals surface area (Å²) < 4.78 is 10.3. The maximum absolute atomic E-state index is 12.3. The molecule has 0 spiro atoms. The van der Waals surface area contributed by atoms with Crippen molar-refractivity contribution >= 4 is 23.5 Å². The Balaban J connectivity index is 1.66. The number of carbonyl (C=O) groups is 2. The molecule has 6 heteroatoms. The molecule has 2 atom stereocenters. The average Bonchev–Trinajstić information content (AvgIpc) is 3.21. The number of hydrogen-bond acceptors (Lipinski definition) is 4. The van der Waals surface area contributed by atoms with Crippen molar-refractivity contribution in [1.29, 1.82) is 0 Å². The number of benzene rings is 2. The molecule has 3 rings (SSSR count). The van der Waals surface area contributed by atoms with Crippen LogP contribution in [0.25, 0.3) is 0 Å². The van der Waals surface area contributed by atoms with Gasteiger partial charge in [-0.25, -0.2) is 4.79 Å². The third kappa shape index (κ3) is 4.84. The van der Waals surface area contributed by atoms with E-state index in [9.17, 15) is 9.59 Å². The predicted molar refractivity (Wildman–Crippen MR) is 97.8 cm³/mol. The van der Waals surface area contributed by atoms with Crippen molar-refractivity contribution in [2.45, 2.75) is 25.0 Å². The van der Waals surface area contributed by atoms with Crippen LogP contribution in [0.15, 0.2) is 54.6 Å². The van der Waals surface area contributed by atoms with Crippen molar-refractivity contribution in [2.24, 2.45) is 0 Å². The van der Waals surface area contributed by atoms with Gasteiger partial charge in [-0.15, -0.1) is 0 Å². The molecule has 1 amide bonds. The van der Waals surface area contributed by atoms with E-state index in [1.807, 2.05) is 42.5 Å². The summed E-state index contributed by atoms with van der Waals surface area (Å²) >= 11 is 5.96. The molecule has 0 aliphatic carbocycles. The lowest BCUT2D eigenvalue weighted by molar-refractivity contribution is -0.157. The quantitative estimate of drug-likeness (QED) is 0.789. The Bertz CT molecular complexity index is 742. The van der Waals surface area contributed by atoms with Crippen LogP contribution in [0.4, 0.5) is 0 Å². The maximum Gasteiger partial charge on any atom is 0.335 e. The number of carbonyl (C=O) groups excluding carboxylic acids is 2. The Morgan fingerprint density at radius 3 is 2.46 bits per heavy atom. The van der Waals surface area contributed by atoms with E-state index in [4.69, 9.17) is 21.1 Å². The summed E-state index contributed by atoms with van der Waals surface area (Å²) in [7, 11) is 0. The van der Waals surface area contributed by atoms with Crippen LogP contribution in [0, 0.1) is 0 Å². The summed E-state index contributed by atoms with van der Waals surface area (Å²) in [6, 6.07) is 16.5. The zero-order valence-electron chi connectivity index (χ0n) is 14.2. The Morgan fingerprint density at radius 1 is 1.12 bits per heavy atom. The number of amides is 1. The van der Waals surface area contributed by atoms with Gasteiger partial charge in [-0.05, 0) is 36.1 Å². The number of rotatable bonds is 6. The first-order valence-corrected chi connectivity index (χ1v) is 8.89. The van der Waals surface area contributed by atoms with Crippen molar-refractivity contribution in [3.63, 3.8) is 0 Å². The fraction of sp³-hybridized carbons (Fsp3) is 0.300. The van der Waals surface area contributed by atoms with Gasteiger partial charge in [0.2, 0.25) is 0 Å². The third-order valence-electron chi connectivity index (χ3n) is 4.18. The molecule has 0 aromatic heterocycles. The average molecular weight is 374 g/mol. The molecular weight excluding hydrogens is 354 g/mol. The fourth-order valence-corrected chi connectivity index (χ4v) is 2.98. The highest BCUT2D eigenvalue weighted by molar-refractivity contribution is 6.30. The van der Waals surface area contributed by atoms with Gasteiger partial charge in [0.05, 0.1) is 6.04 Å². The van der Waals surface area contributed by atoms with E-state index in [2.05, 4.69) is 5.32 Å². The molecule has 1 heterocycles. The summed E-state index contributed by atoms with van der Waals surface area (Å²) in [5, 5.41) is 3.54. The highest BCUT2D eigenvalue weighted by Gasteiger charge is 2.26. The zero-order chi connectivity index (χ0) is 18.4. The van der Waals surface area contributed by atoms with Gasteiger partial charge in [-0.3, -0.25) is 4.79 Å². The summed E-state index contributed by atoms with van der Waals surface area (Å²) in [6.07, 6.45) is 0.917. The van der Waals surface area contributed by atoms with Gasteiger partial charge in [0.25, 0.3) is 5.91 Å². The van der Waals surface area contributed by atoms with E-state index in [1.165, 1.54) is 0 Å². The van der Waals surface area contributed by atoms with Crippen LogP contribution in [0.2, 0.25) is 5.02 Å². The van der Waals surface area contributed by atoms with Gasteiger partial charge in [0.1, 0.15) is 0 Å². The van der Waals surface area contributed by atoms with E-state index in [0.717, 1.165) is 17.5 Å². The van der Waals surface area contributed by atoms with E-state index < -0.39 is 12.1 Å². The first-order valence-electron chi connectivity index (χ1n) is 8.51. The van der Waals surface area contributed by atoms with Gasteiger partial charge >= 0.3 is 5.97 Å². The van der Waals surface area contributed by atoms with Crippen LogP contribution in [-0.4, -0.2) is 31.2 Å². The summed E-state index contributed by atoms with van der Waals surface area (Å²) in [6.45, 7) is 0.216. The zero-order valence-corrected chi connectivity index (χ0v) is 14.9. The molecule has 0 saturated carbocycles. The number of esters is 1. The van der Waals surface area contributed by atoms with Gasteiger partial charge < -0.3 is 14.8 Å². The second kappa shape index (κ2) is 8.83. The molecule has 1 aliphatic rings. The number of halogens is 1. The second-order valence-corrected chi connectivity index (χ2v) is 6.51. The maximum atomic E-state index is 12.3. The van der Waals surface area contributed by atoms with Crippen LogP contribution in [-0.2, 0) is 19.1 Å². The molecule has 2 aromatic rings. The highest BCUT2D eigenvalue weighted by Crippen LogP contribution is 2.23. The Morgan fingerprint density at radius 2 is 1.81 bits per heavy atom. The van der Waals surface area contributed by atoms with E-state index in [1.54, 1.807) is 12.1 Å². The van der Waals surface area contributed by atoms with E-state index in [0.29, 0.717) is 18.1 Å². The molecule has 1 N–H and O–H groups in total. The molecule has 1 saturated heterocycles. The Labute approximate surface area is 157 Å². The van der Waals surface area contributed by atoms with Crippen molar-refractivity contribution in [3.05, 3.63) is 70.7 Å². The molecule has 5 nitrogen and oxygen atoms in total. The lowest BCUT2D eigenvalue weighted by Gasteiger charge is -2.20. The Hall–Kier alpha value is -2.37. The molecular formula is C20H20ClNO4. The summed E-state index contributed by atoms with van der Waals surface area (Å²) in [5.74, 6) is -0.861. The summed E-state index contributed by atoms with van der Waals surface area (Å²) in [4.78, 5) is 24.2. The first-order chi connectivity index (χ1) is 12.6. The molecule has 26 heavy (non-hydrogen) atoms. The SMILES string of the molecule is O=C(COC(=O)[C@H]1CCCO1)N[C@H](c1ccccc1)c1ccc(Cl)cc1. The lowest BCUT2D eigenvalue weighted by atomic mass is 9.99. The molecule has 0 unspecified atom stereocenters. The van der Waals surface area contributed by atoms with E-state index >= 15 is 0 Å². The molecule has 1 fully saturated rings. The molecule has 0 radical (unpaired) electrons. The Kier molecular flexibility index (Phi) is 6.26. The minimum Gasteiger partial charge on any atom is -0.454 e. The lowest BCUT2D eigenvalue weighted by Crippen LogP contribution is -2.34. The van der Waals surface area contributed by atoms with Crippen LogP contribution >= 0.6 is 11.6 Å². The van der Waals surface area contributed by atoms with Crippen LogP contribution in [0.1, 0.15) is 30.0 Å². The first kappa shape index (κ1) is 18.4. The topological polar surface area (TPSA) is 64.6 Å². The minimum absolute atomic E-state index is 0.338. The highest BCUT2D eigenvalue weighted by atomic mass is 35.5.